The Morgan fingerprint density at radius 2 is 2.05 bits per heavy atom. The van der Waals surface area contributed by atoms with Gasteiger partial charge < -0.3 is 5.73 Å². The van der Waals surface area contributed by atoms with Crippen molar-refractivity contribution in [3.63, 3.8) is 0 Å². The van der Waals surface area contributed by atoms with Crippen molar-refractivity contribution in [2.45, 2.75) is 24.3 Å². The molecule has 2 heterocycles. The van der Waals surface area contributed by atoms with E-state index in [4.69, 9.17) is 11.1 Å². The van der Waals surface area contributed by atoms with Crippen molar-refractivity contribution in [2.24, 2.45) is 12.8 Å². The van der Waals surface area contributed by atoms with E-state index in [-0.39, 0.29) is 16.8 Å². The Balaban J connectivity index is 2.05. The summed E-state index contributed by atoms with van der Waals surface area (Å²) in [7, 11) is -1.79. The first kappa shape index (κ1) is 15.9. The van der Waals surface area contributed by atoms with Gasteiger partial charge >= 0.3 is 0 Å². The van der Waals surface area contributed by atoms with Gasteiger partial charge in [0.05, 0.1) is 12.2 Å². The molecule has 0 saturated carbocycles. The Kier molecular flexibility index (Phi) is 4.64. The van der Waals surface area contributed by atoms with E-state index in [1.165, 1.54) is 21.4 Å². The average Bonchev–Trinajstić information content (AvgIpc) is 2.87. The standard InChI is InChI=1S/C12H22N6O2S/c1-3-11(12(13)14)17-4-6-18(7-5-17)21(19,20)10-8-15-16(2)9-10/h8-9,11H,3-7H2,1-2H3,(H3,13,14). The zero-order valence-electron chi connectivity index (χ0n) is 12.4. The molecule has 1 atom stereocenters. The van der Waals surface area contributed by atoms with Gasteiger partial charge in [-0.15, -0.1) is 0 Å². The smallest absolute Gasteiger partial charge is 0.246 e. The minimum atomic E-state index is -3.48. The second-order valence-electron chi connectivity index (χ2n) is 5.17. The number of aromatic nitrogens is 2. The lowest BCUT2D eigenvalue weighted by molar-refractivity contribution is 0.163. The number of sulfonamides is 1. The zero-order valence-corrected chi connectivity index (χ0v) is 13.2. The molecule has 8 nitrogen and oxygen atoms in total. The Bertz CT molecular complexity index is 603. The van der Waals surface area contributed by atoms with Gasteiger partial charge in [0.25, 0.3) is 0 Å². The maximum Gasteiger partial charge on any atom is 0.246 e. The predicted molar refractivity (Wildman–Crippen MR) is 79.5 cm³/mol. The third kappa shape index (κ3) is 3.25. The largest absolute Gasteiger partial charge is 0.386 e. The molecule has 1 fully saturated rings. The number of hydrogen-bond donors (Lipinski definition) is 2. The van der Waals surface area contributed by atoms with Crippen molar-refractivity contribution < 1.29 is 8.42 Å². The molecule has 0 aromatic carbocycles. The molecular formula is C12H22N6O2S. The van der Waals surface area contributed by atoms with E-state index in [0.717, 1.165) is 6.42 Å². The van der Waals surface area contributed by atoms with Crippen LogP contribution in [-0.4, -0.2) is 65.5 Å². The Labute approximate surface area is 125 Å². The molecule has 0 radical (unpaired) electrons. The summed E-state index contributed by atoms with van der Waals surface area (Å²) < 4.78 is 27.9. The minimum Gasteiger partial charge on any atom is -0.386 e. The molecule has 2 rings (SSSR count). The van der Waals surface area contributed by atoms with Crippen molar-refractivity contribution in [3.05, 3.63) is 12.4 Å². The normalized spacial score (nSPS) is 19.5. The number of rotatable bonds is 5. The maximum absolute atomic E-state index is 12.5. The summed E-state index contributed by atoms with van der Waals surface area (Å²) in [4.78, 5) is 2.29. The highest BCUT2D eigenvalue weighted by atomic mass is 32.2. The maximum atomic E-state index is 12.5. The molecule has 118 valence electrons. The molecule has 1 unspecified atom stereocenters. The van der Waals surface area contributed by atoms with Crippen molar-refractivity contribution in [1.29, 1.82) is 5.41 Å². The van der Waals surface area contributed by atoms with Crippen LogP contribution in [-0.2, 0) is 17.1 Å². The number of nitrogens with zero attached hydrogens (tertiary/aromatic N) is 4. The van der Waals surface area contributed by atoms with E-state index in [9.17, 15) is 8.42 Å². The van der Waals surface area contributed by atoms with Crippen molar-refractivity contribution in [2.75, 3.05) is 26.2 Å². The number of hydrogen-bond acceptors (Lipinski definition) is 5. The van der Waals surface area contributed by atoms with E-state index in [2.05, 4.69) is 10.00 Å². The topological polar surface area (TPSA) is 108 Å². The summed E-state index contributed by atoms with van der Waals surface area (Å²) in [6.45, 7) is 3.95. The molecule has 1 aliphatic heterocycles. The highest BCUT2D eigenvalue weighted by Gasteiger charge is 2.31. The van der Waals surface area contributed by atoms with Gasteiger partial charge in [0, 0.05) is 39.4 Å². The first-order valence-electron chi connectivity index (χ1n) is 6.93. The van der Waals surface area contributed by atoms with Gasteiger partial charge in [0.15, 0.2) is 0 Å². The molecular weight excluding hydrogens is 292 g/mol. The summed E-state index contributed by atoms with van der Waals surface area (Å²) >= 11 is 0. The quantitative estimate of drug-likeness (QED) is 0.559. The highest BCUT2D eigenvalue weighted by Crippen LogP contribution is 2.18. The van der Waals surface area contributed by atoms with Crippen molar-refractivity contribution >= 4 is 15.9 Å². The van der Waals surface area contributed by atoms with E-state index in [1.54, 1.807) is 7.05 Å². The van der Waals surface area contributed by atoms with Crippen LogP contribution in [0.1, 0.15) is 13.3 Å². The summed E-state index contributed by atoms with van der Waals surface area (Å²) in [6, 6.07) is -0.103. The van der Waals surface area contributed by atoms with Crippen molar-refractivity contribution in [1.82, 2.24) is 19.0 Å². The second kappa shape index (κ2) is 6.12. The number of nitrogens with two attached hydrogens (primary N) is 1. The van der Waals surface area contributed by atoms with Gasteiger partial charge in [0.1, 0.15) is 10.7 Å². The fraction of sp³-hybridized carbons (Fsp3) is 0.667. The molecule has 3 N–H and O–H groups in total. The fourth-order valence-corrected chi connectivity index (χ4v) is 4.02. The molecule has 0 aliphatic carbocycles. The zero-order chi connectivity index (χ0) is 15.6. The lowest BCUT2D eigenvalue weighted by atomic mass is 10.1. The second-order valence-corrected chi connectivity index (χ2v) is 7.11. The van der Waals surface area contributed by atoms with Gasteiger partial charge in [-0.2, -0.15) is 9.40 Å². The lowest BCUT2D eigenvalue weighted by Gasteiger charge is -2.37. The van der Waals surface area contributed by atoms with Gasteiger partial charge in [-0.05, 0) is 6.42 Å². The molecule has 1 aromatic rings. The predicted octanol–water partition coefficient (Wildman–Crippen LogP) is -0.559. The lowest BCUT2D eigenvalue weighted by Crippen LogP contribution is -2.54. The average molecular weight is 314 g/mol. The number of aryl methyl sites for hydroxylation is 1. The monoisotopic (exact) mass is 314 g/mol. The van der Waals surface area contributed by atoms with Gasteiger partial charge in [-0.25, -0.2) is 8.42 Å². The van der Waals surface area contributed by atoms with E-state index < -0.39 is 10.0 Å². The number of nitrogens with one attached hydrogen (secondary N) is 1. The van der Waals surface area contributed by atoms with Gasteiger partial charge in [0.2, 0.25) is 10.0 Å². The third-order valence-electron chi connectivity index (χ3n) is 3.78. The molecule has 0 bridgehead atoms. The van der Waals surface area contributed by atoms with Crippen molar-refractivity contribution in [3.8, 4) is 0 Å². The van der Waals surface area contributed by atoms with Crippen LogP contribution in [0.2, 0.25) is 0 Å². The summed E-state index contributed by atoms with van der Waals surface area (Å²) in [5, 5.41) is 11.5. The molecule has 9 heteroatoms. The summed E-state index contributed by atoms with van der Waals surface area (Å²) in [5.74, 6) is 0.140. The fourth-order valence-electron chi connectivity index (χ4n) is 2.61. The van der Waals surface area contributed by atoms with Crippen LogP contribution in [0.15, 0.2) is 17.3 Å². The third-order valence-corrected chi connectivity index (χ3v) is 5.63. The molecule has 1 aliphatic rings. The Morgan fingerprint density at radius 1 is 1.43 bits per heavy atom. The van der Waals surface area contributed by atoms with Crippen LogP contribution >= 0.6 is 0 Å². The van der Waals surface area contributed by atoms with Crippen LogP contribution in [0.4, 0.5) is 0 Å². The highest BCUT2D eigenvalue weighted by molar-refractivity contribution is 7.89. The van der Waals surface area contributed by atoms with E-state index >= 15 is 0 Å². The first-order valence-corrected chi connectivity index (χ1v) is 8.37. The molecule has 1 saturated heterocycles. The van der Waals surface area contributed by atoms with Crippen LogP contribution < -0.4 is 5.73 Å². The van der Waals surface area contributed by atoms with Crippen LogP contribution in [0.5, 0.6) is 0 Å². The van der Waals surface area contributed by atoms with Gasteiger partial charge in [-0.1, -0.05) is 6.92 Å². The molecule has 1 aromatic heterocycles. The summed E-state index contributed by atoms with van der Waals surface area (Å²) in [6.07, 6.45) is 3.63. The van der Waals surface area contributed by atoms with Crippen LogP contribution in [0.3, 0.4) is 0 Å². The first-order chi connectivity index (χ1) is 9.86. The molecule has 21 heavy (non-hydrogen) atoms. The SMILES string of the molecule is CCC(C(=N)N)N1CCN(S(=O)(=O)c2cnn(C)c2)CC1. The van der Waals surface area contributed by atoms with Gasteiger partial charge in [-0.3, -0.25) is 15.0 Å². The minimum absolute atomic E-state index is 0.103. The summed E-state index contributed by atoms with van der Waals surface area (Å²) in [5.41, 5.74) is 5.59. The van der Waals surface area contributed by atoms with Crippen LogP contribution in [0, 0.1) is 5.41 Å². The van der Waals surface area contributed by atoms with E-state index in [1.807, 2.05) is 6.92 Å². The molecule has 0 spiro atoms. The van der Waals surface area contributed by atoms with E-state index in [0.29, 0.717) is 26.2 Å². The molecule has 0 amide bonds. The Morgan fingerprint density at radius 3 is 2.48 bits per heavy atom. The number of amidine groups is 1. The Hall–Kier alpha value is -1.45. The van der Waals surface area contributed by atoms with Crippen LogP contribution in [0.25, 0.3) is 0 Å². The number of piperazine rings is 1.